The topological polar surface area (TPSA) is 73.1 Å². The molecule has 2 aromatic carbocycles. The van der Waals surface area contributed by atoms with Crippen molar-refractivity contribution in [3.63, 3.8) is 0 Å². The molecule has 0 saturated heterocycles. The van der Waals surface area contributed by atoms with Gasteiger partial charge in [-0.05, 0) is 49.8 Å². The summed E-state index contributed by atoms with van der Waals surface area (Å²) >= 11 is 0. The lowest BCUT2D eigenvalue weighted by atomic mass is 10.0. The van der Waals surface area contributed by atoms with E-state index in [1.807, 2.05) is 82.3 Å². The fourth-order valence-corrected chi connectivity index (χ4v) is 3.03. The van der Waals surface area contributed by atoms with Crippen molar-refractivity contribution in [3.8, 4) is 11.1 Å². The van der Waals surface area contributed by atoms with Crippen molar-refractivity contribution in [2.45, 2.75) is 39.3 Å². The summed E-state index contributed by atoms with van der Waals surface area (Å²) in [5, 5.41) is 11.7. The zero-order chi connectivity index (χ0) is 20.3. The maximum atomic E-state index is 13.2. The van der Waals surface area contributed by atoms with Gasteiger partial charge in [-0.25, -0.2) is 9.48 Å². The average molecular weight is 379 g/mol. The smallest absolute Gasteiger partial charge is 0.415 e. The molecule has 0 spiro atoms. The highest BCUT2D eigenvalue weighted by Crippen LogP contribution is 2.36. The predicted molar refractivity (Wildman–Crippen MR) is 108 cm³/mol. The van der Waals surface area contributed by atoms with Gasteiger partial charge in [0.25, 0.3) is 0 Å². The highest BCUT2D eigenvalue weighted by molar-refractivity contribution is 5.94. The van der Waals surface area contributed by atoms with Crippen LogP contribution in [-0.2, 0) is 11.8 Å². The van der Waals surface area contributed by atoms with Gasteiger partial charge in [0.1, 0.15) is 5.60 Å². The Labute approximate surface area is 164 Å². The number of carbonyl (C=O) groups excluding carboxylic acids is 1. The lowest BCUT2D eigenvalue weighted by Gasteiger charge is -2.32. The van der Waals surface area contributed by atoms with E-state index in [1.165, 1.54) is 0 Å². The lowest BCUT2D eigenvalue weighted by Crippen LogP contribution is -2.39. The standard InChI is InChI=1S/C21H25N5O2/c1-15(19-22-23-24-25(19)5)26(20(27)28-21(2,3)4)18-14-10-9-13-17(18)16-11-7-6-8-12-16/h6-15H,1-5H3. The van der Waals surface area contributed by atoms with Crippen LogP contribution in [0.15, 0.2) is 54.6 Å². The summed E-state index contributed by atoms with van der Waals surface area (Å²) in [4.78, 5) is 14.8. The molecule has 0 N–H and O–H groups in total. The van der Waals surface area contributed by atoms with Gasteiger partial charge in [0.15, 0.2) is 5.82 Å². The zero-order valence-corrected chi connectivity index (χ0v) is 16.8. The highest BCUT2D eigenvalue weighted by Gasteiger charge is 2.32. The molecular weight excluding hydrogens is 354 g/mol. The SMILES string of the molecule is CC(c1nnnn1C)N(C(=O)OC(C)(C)C)c1ccccc1-c1ccccc1. The average Bonchev–Trinajstić information content (AvgIpc) is 3.07. The van der Waals surface area contributed by atoms with Gasteiger partial charge in [-0.1, -0.05) is 48.5 Å². The number of aryl methyl sites for hydroxylation is 1. The number of anilines is 1. The first-order valence-corrected chi connectivity index (χ1v) is 9.17. The summed E-state index contributed by atoms with van der Waals surface area (Å²) < 4.78 is 7.28. The van der Waals surface area contributed by atoms with Crippen molar-refractivity contribution in [2.75, 3.05) is 4.90 Å². The van der Waals surface area contributed by atoms with Crippen LogP contribution in [0.4, 0.5) is 10.5 Å². The molecule has 146 valence electrons. The molecule has 1 atom stereocenters. The summed E-state index contributed by atoms with van der Waals surface area (Å²) in [6.07, 6.45) is -0.452. The van der Waals surface area contributed by atoms with Crippen molar-refractivity contribution in [3.05, 3.63) is 60.4 Å². The van der Waals surface area contributed by atoms with E-state index in [4.69, 9.17) is 4.74 Å². The Morgan fingerprint density at radius 2 is 1.71 bits per heavy atom. The number of tetrazole rings is 1. The van der Waals surface area contributed by atoms with Crippen LogP contribution in [0.1, 0.15) is 39.6 Å². The number of nitrogens with zero attached hydrogens (tertiary/aromatic N) is 5. The molecule has 7 heteroatoms. The molecule has 0 radical (unpaired) electrons. The molecule has 1 aromatic heterocycles. The molecule has 3 aromatic rings. The molecule has 0 bridgehead atoms. The molecule has 1 heterocycles. The minimum atomic E-state index is -0.630. The number of rotatable bonds is 4. The number of aromatic nitrogens is 4. The first-order chi connectivity index (χ1) is 13.3. The second-order valence-corrected chi connectivity index (χ2v) is 7.57. The number of hydrogen-bond donors (Lipinski definition) is 0. The quantitative estimate of drug-likeness (QED) is 0.672. The Morgan fingerprint density at radius 3 is 2.32 bits per heavy atom. The third-order valence-corrected chi connectivity index (χ3v) is 4.25. The van der Waals surface area contributed by atoms with E-state index in [0.717, 1.165) is 16.8 Å². The first kappa shape index (κ1) is 19.5. The van der Waals surface area contributed by atoms with Crippen LogP contribution in [0, 0.1) is 0 Å². The Bertz CT molecular complexity index is 947. The van der Waals surface area contributed by atoms with E-state index in [0.29, 0.717) is 5.82 Å². The van der Waals surface area contributed by atoms with Gasteiger partial charge in [-0.15, -0.1) is 5.10 Å². The molecular formula is C21H25N5O2. The van der Waals surface area contributed by atoms with Gasteiger partial charge < -0.3 is 4.74 Å². The van der Waals surface area contributed by atoms with Gasteiger partial charge in [-0.3, -0.25) is 4.90 Å². The fraction of sp³-hybridized carbons (Fsp3) is 0.333. The number of ether oxygens (including phenoxy) is 1. The molecule has 3 rings (SSSR count). The van der Waals surface area contributed by atoms with Gasteiger partial charge in [0, 0.05) is 12.6 Å². The maximum absolute atomic E-state index is 13.2. The molecule has 1 unspecified atom stereocenters. The van der Waals surface area contributed by atoms with Crippen LogP contribution >= 0.6 is 0 Å². The predicted octanol–water partition coefficient (Wildman–Crippen LogP) is 4.38. The Kier molecular flexibility index (Phi) is 5.44. The monoisotopic (exact) mass is 379 g/mol. The number of hydrogen-bond acceptors (Lipinski definition) is 5. The third kappa shape index (κ3) is 4.19. The van der Waals surface area contributed by atoms with E-state index in [-0.39, 0.29) is 0 Å². The van der Waals surface area contributed by atoms with Gasteiger partial charge in [0.05, 0.1) is 11.7 Å². The fourth-order valence-electron chi connectivity index (χ4n) is 3.03. The van der Waals surface area contributed by atoms with E-state index >= 15 is 0 Å². The van der Waals surface area contributed by atoms with Crippen LogP contribution in [0.25, 0.3) is 11.1 Å². The maximum Gasteiger partial charge on any atom is 0.415 e. The third-order valence-electron chi connectivity index (χ3n) is 4.25. The first-order valence-electron chi connectivity index (χ1n) is 9.17. The number of benzene rings is 2. The van der Waals surface area contributed by atoms with Crippen molar-refractivity contribution >= 4 is 11.8 Å². The normalized spacial score (nSPS) is 12.5. The van der Waals surface area contributed by atoms with Crippen molar-refractivity contribution < 1.29 is 9.53 Å². The molecule has 0 saturated carbocycles. The molecule has 0 aliphatic heterocycles. The second kappa shape index (κ2) is 7.80. The van der Waals surface area contributed by atoms with Crippen molar-refractivity contribution in [2.24, 2.45) is 7.05 Å². The van der Waals surface area contributed by atoms with Gasteiger partial charge >= 0.3 is 6.09 Å². The minimum Gasteiger partial charge on any atom is -0.443 e. The van der Waals surface area contributed by atoms with Gasteiger partial charge in [-0.2, -0.15) is 0 Å². The van der Waals surface area contributed by atoms with Gasteiger partial charge in [0.2, 0.25) is 0 Å². The number of para-hydroxylation sites is 1. The van der Waals surface area contributed by atoms with Crippen molar-refractivity contribution in [1.29, 1.82) is 0 Å². The molecule has 1 amide bonds. The molecule has 7 nitrogen and oxygen atoms in total. The summed E-state index contributed by atoms with van der Waals surface area (Å²) in [6, 6.07) is 17.3. The van der Waals surface area contributed by atoms with E-state index in [1.54, 1.807) is 16.6 Å². The lowest BCUT2D eigenvalue weighted by molar-refractivity contribution is 0.0565. The molecule has 28 heavy (non-hydrogen) atoms. The molecule has 0 fully saturated rings. The van der Waals surface area contributed by atoms with Crippen molar-refractivity contribution in [1.82, 2.24) is 20.2 Å². The summed E-state index contributed by atoms with van der Waals surface area (Å²) in [6.45, 7) is 7.43. The van der Waals surface area contributed by atoms with E-state index in [9.17, 15) is 4.79 Å². The minimum absolute atomic E-state index is 0.431. The van der Waals surface area contributed by atoms with Crippen LogP contribution in [0.2, 0.25) is 0 Å². The Morgan fingerprint density at radius 1 is 1.07 bits per heavy atom. The van der Waals surface area contributed by atoms with Crippen LogP contribution in [0.3, 0.4) is 0 Å². The highest BCUT2D eigenvalue weighted by atomic mass is 16.6. The van der Waals surface area contributed by atoms with Crippen LogP contribution in [-0.4, -0.2) is 31.9 Å². The number of carbonyl (C=O) groups is 1. The van der Waals surface area contributed by atoms with E-state index in [2.05, 4.69) is 15.5 Å². The van der Waals surface area contributed by atoms with E-state index < -0.39 is 17.7 Å². The molecule has 0 aliphatic rings. The Hall–Kier alpha value is -3.22. The van der Waals surface area contributed by atoms with Crippen LogP contribution in [0.5, 0.6) is 0 Å². The summed E-state index contributed by atoms with van der Waals surface area (Å²) in [7, 11) is 1.75. The Balaban J connectivity index is 2.13. The zero-order valence-electron chi connectivity index (χ0n) is 16.8. The summed E-state index contributed by atoms with van der Waals surface area (Å²) in [5.41, 5.74) is 2.04. The second-order valence-electron chi connectivity index (χ2n) is 7.57. The number of amides is 1. The largest absolute Gasteiger partial charge is 0.443 e. The van der Waals surface area contributed by atoms with Crippen LogP contribution < -0.4 is 4.90 Å². The molecule has 0 aliphatic carbocycles. The summed E-state index contributed by atoms with van der Waals surface area (Å²) in [5.74, 6) is 0.564.